The summed E-state index contributed by atoms with van der Waals surface area (Å²) < 4.78 is 28.5. The summed E-state index contributed by atoms with van der Waals surface area (Å²) in [4.78, 5) is 12.1. The Hall–Kier alpha value is -1.56. The fourth-order valence-corrected chi connectivity index (χ4v) is 4.19. The third-order valence-electron chi connectivity index (χ3n) is 3.98. The lowest BCUT2D eigenvalue weighted by atomic mass is 9.87. The Bertz CT molecular complexity index is 659. The van der Waals surface area contributed by atoms with Gasteiger partial charge in [0.1, 0.15) is 5.75 Å². The van der Waals surface area contributed by atoms with Crippen LogP contribution in [0.15, 0.2) is 24.3 Å². The van der Waals surface area contributed by atoms with Gasteiger partial charge >= 0.3 is 0 Å². The summed E-state index contributed by atoms with van der Waals surface area (Å²) in [7, 11) is -3.00. The lowest BCUT2D eigenvalue weighted by Crippen LogP contribution is -2.43. The molecule has 1 aliphatic heterocycles. The van der Waals surface area contributed by atoms with Crippen molar-refractivity contribution >= 4 is 15.7 Å². The molecule has 1 amide bonds. The Morgan fingerprint density at radius 2 is 1.87 bits per heavy atom. The second kappa shape index (κ2) is 6.51. The van der Waals surface area contributed by atoms with Gasteiger partial charge in [-0.2, -0.15) is 0 Å². The smallest absolute Gasteiger partial charge is 0.261 e. The first-order chi connectivity index (χ1) is 10.6. The first-order valence-corrected chi connectivity index (χ1v) is 9.67. The summed E-state index contributed by atoms with van der Waals surface area (Å²) in [6.45, 7) is 8.06. The normalized spacial score (nSPS) is 21.7. The van der Waals surface area contributed by atoms with Crippen LogP contribution in [0.5, 0.6) is 5.75 Å². The molecule has 1 aromatic carbocycles. The van der Waals surface area contributed by atoms with E-state index in [9.17, 15) is 13.2 Å². The predicted octanol–water partition coefficient (Wildman–Crippen LogP) is 2.05. The minimum absolute atomic E-state index is 0.0196. The SMILES string of the molecule is C[C@H](Oc1ccc(C(C)(C)C)cc1)C(=O)N[C@H]1CCS(=O)(=O)C1. The van der Waals surface area contributed by atoms with Crippen molar-refractivity contribution in [2.45, 2.75) is 51.7 Å². The summed E-state index contributed by atoms with van der Waals surface area (Å²) in [5, 5.41) is 2.75. The highest BCUT2D eigenvalue weighted by atomic mass is 32.2. The molecule has 2 atom stereocenters. The van der Waals surface area contributed by atoms with Crippen LogP contribution in [0.25, 0.3) is 0 Å². The van der Waals surface area contributed by atoms with Crippen molar-refractivity contribution in [3.63, 3.8) is 0 Å². The molecule has 1 N–H and O–H groups in total. The van der Waals surface area contributed by atoms with E-state index in [-0.39, 0.29) is 28.9 Å². The molecule has 5 nitrogen and oxygen atoms in total. The number of rotatable bonds is 4. The van der Waals surface area contributed by atoms with Gasteiger partial charge in [-0.1, -0.05) is 32.9 Å². The topological polar surface area (TPSA) is 72.5 Å². The van der Waals surface area contributed by atoms with Gasteiger partial charge in [0.25, 0.3) is 5.91 Å². The Kier molecular flexibility index (Phi) is 5.04. The maximum Gasteiger partial charge on any atom is 0.261 e. The van der Waals surface area contributed by atoms with Crippen molar-refractivity contribution in [2.75, 3.05) is 11.5 Å². The molecular weight excluding hydrogens is 314 g/mol. The molecular formula is C17H25NO4S. The maximum absolute atomic E-state index is 12.1. The van der Waals surface area contributed by atoms with Gasteiger partial charge in [-0.05, 0) is 36.5 Å². The van der Waals surface area contributed by atoms with Crippen LogP contribution in [-0.2, 0) is 20.0 Å². The lowest BCUT2D eigenvalue weighted by Gasteiger charge is -2.20. The van der Waals surface area contributed by atoms with Crippen LogP contribution < -0.4 is 10.1 Å². The Morgan fingerprint density at radius 3 is 2.35 bits per heavy atom. The molecule has 0 aromatic heterocycles. The van der Waals surface area contributed by atoms with Gasteiger partial charge < -0.3 is 10.1 Å². The molecule has 0 aliphatic carbocycles. The molecule has 23 heavy (non-hydrogen) atoms. The molecule has 6 heteroatoms. The van der Waals surface area contributed by atoms with E-state index < -0.39 is 15.9 Å². The Balaban J connectivity index is 1.91. The summed E-state index contributed by atoms with van der Waals surface area (Å²) in [5.41, 5.74) is 1.26. The number of sulfone groups is 1. The average molecular weight is 339 g/mol. The molecule has 1 aliphatic rings. The second-order valence-electron chi connectivity index (χ2n) is 7.14. The lowest BCUT2D eigenvalue weighted by molar-refractivity contribution is -0.127. The summed E-state index contributed by atoms with van der Waals surface area (Å²) in [6, 6.07) is 7.38. The quantitative estimate of drug-likeness (QED) is 0.911. The zero-order valence-corrected chi connectivity index (χ0v) is 14.9. The number of ether oxygens (including phenoxy) is 1. The first kappa shape index (κ1) is 17.8. The molecule has 1 aromatic rings. The highest BCUT2D eigenvalue weighted by Gasteiger charge is 2.30. The Morgan fingerprint density at radius 1 is 1.26 bits per heavy atom. The van der Waals surface area contributed by atoms with Crippen LogP contribution in [0.3, 0.4) is 0 Å². The van der Waals surface area contributed by atoms with Crippen LogP contribution in [0.4, 0.5) is 0 Å². The van der Waals surface area contributed by atoms with E-state index in [1.54, 1.807) is 6.92 Å². The van der Waals surface area contributed by atoms with E-state index in [2.05, 4.69) is 26.1 Å². The number of carbonyl (C=O) groups is 1. The van der Waals surface area contributed by atoms with Gasteiger partial charge in [0.2, 0.25) is 0 Å². The van der Waals surface area contributed by atoms with Gasteiger partial charge in [0, 0.05) is 6.04 Å². The van der Waals surface area contributed by atoms with Crippen LogP contribution in [0.2, 0.25) is 0 Å². The highest BCUT2D eigenvalue weighted by Crippen LogP contribution is 2.24. The molecule has 0 bridgehead atoms. The minimum Gasteiger partial charge on any atom is -0.481 e. The van der Waals surface area contributed by atoms with Crippen LogP contribution in [0.1, 0.15) is 39.7 Å². The standard InChI is InChI=1S/C17H25NO4S/c1-12(16(19)18-14-9-10-23(20,21)11-14)22-15-7-5-13(6-8-15)17(2,3)4/h5-8,12,14H,9-11H2,1-4H3,(H,18,19)/t12-,14-/m0/s1. The third kappa shape index (κ3) is 4.96. The van der Waals surface area contributed by atoms with Gasteiger partial charge in [0.05, 0.1) is 11.5 Å². The van der Waals surface area contributed by atoms with Gasteiger partial charge in [-0.15, -0.1) is 0 Å². The third-order valence-corrected chi connectivity index (χ3v) is 5.75. The van der Waals surface area contributed by atoms with Crippen LogP contribution >= 0.6 is 0 Å². The van der Waals surface area contributed by atoms with E-state index in [0.29, 0.717) is 12.2 Å². The van der Waals surface area contributed by atoms with Gasteiger partial charge in [-0.25, -0.2) is 8.42 Å². The fourth-order valence-electron chi connectivity index (χ4n) is 2.52. The number of benzene rings is 1. The molecule has 0 radical (unpaired) electrons. The summed E-state index contributed by atoms with van der Waals surface area (Å²) in [5.74, 6) is 0.499. The largest absolute Gasteiger partial charge is 0.481 e. The second-order valence-corrected chi connectivity index (χ2v) is 9.37. The fraction of sp³-hybridized carbons (Fsp3) is 0.588. The van der Waals surface area contributed by atoms with Crippen molar-refractivity contribution in [1.82, 2.24) is 5.32 Å². The molecule has 1 saturated heterocycles. The predicted molar refractivity (Wildman–Crippen MR) is 90.4 cm³/mol. The number of hydrogen-bond acceptors (Lipinski definition) is 4. The molecule has 128 valence electrons. The van der Waals surface area contributed by atoms with Crippen molar-refractivity contribution in [3.8, 4) is 5.75 Å². The van der Waals surface area contributed by atoms with E-state index in [1.807, 2.05) is 24.3 Å². The first-order valence-electron chi connectivity index (χ1n) is 7.85. The van der Waals surface area contributed by atoms with Gasteiger partial charge in [-0.3, -0.25) is 4.79 Å². The molecule has 1 fully saturated rings. The van der Waals surface area contributed by atoms with E-state index in [1.165, 1.54) is 5.56 Å². The van der Waals surface area contributed by atoms with E-state index >= 15 is 0 Å². The number of nitrogens with one attached hydrogen (secondary N) is 1. The summed E-state index contributed by atoms with van der Waals surface area (Å²) >= 11 is 0. The molecule has 0 spiro atoms. The van der Waals surface area contributed by atoms with Crippen molar-refractivity contribution < 1.29 is 17.9 Å². The average Bonchev–Trinajstić information content (AvgIpc) is 2.77. The maximum atomic E-state index is 12.1. The van der Waals surface area contributed by atoms with Crippen LogP contribution in [-0.4, -0.2) is 38.0 Å². The number of amides is 1. The zero-order valence-electron chi connectivity index (χ0n) is 14.1. The van der Waals surface area contributed by atoms with Gasteiger partial charge in [0.15, 0.2) is 15.9 Å². The number of carbonyl (C=O) groups excluding carboxylic acids is 1. The monoisotopic (exact) mass is 339 g/mol. The molecule has 1 heterocycles. The minimum atomic E-state index is -3.00. The van der Waals surface area contributed by atoms with E-state index in [0.717, 1.165) is 0 Å². The zero-order chi connectivity index (χ0) is 17.3. The van der Waals surface area contributed by atoms with Crippen molar-refractivity contribution in [3.05, 3.63) is 29.8 Å². The summed E-state index contributed by atoms with van der Waals surface area (Å²) in [6.07, 6.45) is -0.194. The van der Waals surface area contributed by atoms with Crippen LogP contribution in [0, 0.1) is 0 Å². The molecule has 0 saturated carbocycles. The van der Waals surface area contributed by atoms with Crippen molar-refractivity contribution in [1.29, 1.82) is 0 Å². The Labute approximate surface area is 138 Å². The molecule has 0 unspecified atom stereocenters. The number of hydrogen-bond donors (Lipinski definition) is 1. The molecule has 2 rings (SSSR count). The van der Waals surface area contributed by atoms with E-state index in [4.69, 9.17) is 4.74 Å². The van der Waals surface area contributed by atoms with Crippen molar-refractivity contribution in [2.24, 2.45) is 0 Å². The highest BCUT2D eigenvalue weighted by molar-refractivity contribution is 7.91.